The predicted octanol–water partition coefficient (Wildman–Crippen LogP) is 3.60. The Balaban J connectivity index is 1.79. The lowest BCUT2D eigenvalue weighted by atomic mass is 10.0. The summed E-state index contributed by atoms with van der Waals surface area (Å²) >= 11 is 0. The van der Waals surface area contributed by atoms with Crippen LogP contribution in [0.15, 0.2) is 65.6 Å². The van der Waals surface area contributed by atoms with Crippen molar-refractivity contribution in [3.8, 4) is 0 Å². The molecule has 3 rings (SSSR count). The van der Waals surface area contributed by atoms with Gasteiger partial charge in [0.25, 0.3) is 15.9 Å². The van der Waals surface area contributed by atoms with E-state index in [0.29, 0.717) is 5.56 Å². The number of anilines is 1. The normalized spacial score (nSPS) is 12.0. The minimum absolute atomic E-state index is 0.0597. The van der Waals surface area contributed by atoms with Crippen molar-refractivity contribution in [3.63, 3.8) is 0 Å². The highest BCUT2D eigenvalue weighted by Crippen LogP contribution is 2.22. The Hall–Kier alpha value is -3.79. The smallest absolute Gasteiger partial charge is 0.262 e. The summed E-state index contributed by atoms with van der Waals surface area (Å²) in [6.07, 6.45) is 0. The number of carbonyl (C=O) groups is 2. The highest BCUT2D eigenvalue weighted by molar-refractivity contribution is 7.92. The average molecular weight is 488 g/mol. The van der Waals surface area contributed by atoms with Crippen molar-refractivity contribution in [3.05, 3.63) is 94.6 Å². The van der Waals surface area contributed by atoms with Gasteiger partial charge in [-0.1, -0.05) is 18.2 Å². The van der Waals surface area contributed by atoms with Gasteiger partial charge in [0.15, 0.2) is 11.6 Å². The molecule has 0 spiro atoms. The standard InChI is InChI=1S/C24H23F2N3O4S/c1-14-4-5-15(2)21(12-14)34(32,33)29-18-9-6-16(7-10-18)23(30)28-22(24(31)27-3)17-8-11-19(25)20(26)13-17/h4-13,22,29H,1-3H3,(H,27,31)(H,28,30). The van der Waals surface area contributed by atoms with Crippen LogP contribution in [-0.2, 0) is 14.8 Å². The molecule has 0 aliphatic rings. The lowest BCUT2D eigenvalue weighted by Gasteiger charge is -2.18. The molecule has 0 aromatic heterocycles. The lowest BCUT2D eigenvalue weighted by molar-refractivity contribution is -0.122. The van der Waals surface area contributed by atoms with Crippen LogP contribution in [0.25, 0.3) is 0 Å². The maximum atomic E-state index is 13.6. The van der Waals surface area contributed by atoms with E-state index in [2.05, 4.69) is 15.4 Å². The van der Waals surface area contributed by atoms with Gasteiger partial charge in [-0.25, -0.2) is 17.2 Å². The van der Waals surface area contributed by atoms with E-state index >= 15 is 0 Å². The summed E-state index contributed by atoms with van der Waals surface area (Å²) in [6.45, 7) is 3.48. The molecule has 3 aromatic rings. The van der Waals surface area contributed by atoms with Crippen LogP contribution in [0.2, 0.25) is 0 Å². The second-order valence-corrected chi connectivity index (χ2v) is 9.30. The summed E-state index contributed by atoms with van der Waals surface area (Å²) in [6, 6.07) is 12.3. The molecule has 3 aromatic carbocycles. The summed E-state index contributed by atoms with van der Waals surface area (Å²) < 4.78 is 54.9. The average Bonchev–Trinajstić information content (AvgIpc) is 2.80. The van der Waals surface area contributed by atoms with E-state index in [9.17, 15) is 26.8 Å². The molecule has 0 saturated carbocycles. The van der Waals surface area contributed by atoms with Gasteiger partial charge < -0.3 is 10.6 Å². The van der Waals surface area contributed by atoms with E-state index in [4.69, 9.17) is 0 Å². The van der Waals surface area contributed by atoms with E-state index in [1.54, 1.807) is 26.0 Å². The molecule has 10 heteroatoms. The lowest BCUT2D eigenvalue weighted by Crippen LogP contribution is -2.39. The summed E-state index contributed by atoms with van der Waals surface area (Å²) in [5, 5.41) is 4.84. The van der Waals surface area contributed by atoms with Crippen molar-refractivity contribution in [2.45, 2.75) is 24.8 Å². The third-order valence-corrected chi connectivity index (χ3v) is 6.62. The molecule has 0 aliphatic carbocycles. The van der Waals surface area contributed by atoms with Crippen LogP contribution in [0.3, 0.4) is 0 Å². The molecule has 2 amide bonds. The number of hydrogen-bond acceptors (Lipinski definition) is 4. The van der Waals surface area contributed by atoms with E-state index in [-0.39, 0.29) is 21.7 Å². The minimum Gasteiger partial charge on any atom is -0.357 e. The first-order valence-corrected chi connectivity index (χ1v) is 11.7. The summed E-state index contributed by atoms with van der Waals surface area (Å²) in [5.74, 6) is -3.52. The fourth-order valence-corrected chi connectivity index (χ4v) is 4.64. The Morgan fingerprint density at radius 1 is 0.882 bits per heavy atom. The number of aryl methyl sites for hydroxylation is 2. The SMILES string of the molecule is CNC(=O)C(NC(=O)c1ccc(NS(=O)(=O)c2cc(C)ccc2C)cc1)c1ccc(F)c(F)c1. The maximum Gasteiger partial charge on any atom is 0.262 e. The number of rotatable bonds is 7. The van der Waals surface area contributed by atoms with Crippen LogP contribution in [0, 0.1) is 25.5 Å². The van der Waals surface area contributed by atoms with Crippen LogP contribution in [0.5, 0.6) is 0 Å². The highest BCUT2D eigenvalue weighted by Gasteiger charge is 2.24. The van der Waals surface area contributed by atoms with E-state index in [1.807, 2.05) is 6.07 Å². The van der Waals surface area contributed by atoms with Crippen molar-refractivity contribution in [2.75, 3.05) is 11.8 Å². The summed E-state index contributed by atoms with van der Waals surface area (Å²) in [4.78, 5) is 25.1. The van der Waals surface area contributed by atoms with Gasteiger partial charge in [-0.3, -0.25) is 14.3 Å². The van der Waals surface area contributed by atoms with Gasteiger partial charge in [0.2, 0.25) is 5.91 Å². The molecular weight excluding hydrogens is 464 g/mol. The maximum absolute atomic E-state index is 13.6. The van der Waals surface area contributed by atoms with Crippen LogP contribution < -0.4 is 15.4 Å². The molecule has 3 N–H and O–H groups in total. The van der Waals surface area contributed by atoms with Gasteiger partial charge in [0.1, 0.15) is 6.04 Å². The molecule has 178 valence electrons. The van der Waals surface area contributed by atoms with Crippen molar-refractivity contribution in [2.24, 2.45) is 0 Å². The van der Waals surface area contributed by atoms with Crippen LogP contribution in [0.4, 0.5) is 14.5 Å². The topological polar surface area (TPSA) is 104 Å². The third-order valence-electron chi connectivity index (χ3n) is 5.09. The number of carbonyl (C=O) groups excluding carboxylic acids is 2. The van der Waals surface area contributed by atoms with Crippen LogP contribution in [0.1, 0.15) is 33.1 Å². The first kappa shape index (κ1) is 24.8. The zero-order chi connectivity index (χ0) is 25.0. The Kier molecular flexibility index (Phi) is 7.31. The molecule has 1 unspecified atom stereocenters. The Labute approximate surface area is 196 Å². The number of halogens is 2. The summed E-state index contributed by atoms with van der Waals surface area (Å²) in [7, 11) is -2.50. The van der Waals surface area contributed by atoms with Crippen molar-refractivity contribution in [1.29, 1.82) is 0 Å². The van der Waals surface area contributed by atoms with Crippen molar-refractivity contribution in [1.82, 2.24) is 10.6 Å². The Bertz CT molecular complexity index is 1340. The first-order chi connectivity index (χ1) is 16.0. The summed E-state index contributed by atoms with van der Waals surface area (Å²) in [5.41, 5.74) is 1.81. The van der Waals surface area contributed by atoms with Gasteiger partial charge in [-0.15, -0.1) is 0 Å². The molecule has 0 saturated heterocycles. The monoisotopic (exact) mass is 487 g/mol. The molecule has 0 bridgehead atoms. The van der Waals surface area contributed by atoms with Crippen LogP contribution in [-0.4, -0.2) is 27.3 Å². The van der Waals surface area contributed by atoms with E-state index in [0.717, 1.165) is 17.7 Å². The first-order valence-electron chi connectivity index (χ1n) is 10.2. The minimum atomic E-state index is -3.85. The molecule has 0 heterocycles. The number of amides is 2. The molecular formula is C24H23F2N3O4S. The molecule has 0 aliphatic heterocycles. The molecule has 7 nitrogen and oxygen atoms in total. The van der Waals surface area contributed by atoms with Gasteiger partial charge in [-0.05, 0) is 73.0 Å². The van der Waals surface area contributed by atoms with Crippen molar-refractivity contribution >= 4 is 27.5 Å². The third kappa shape index (κ3) is 5.57. The quantitative estimate of drug-likeness (QED) is 0.474. The Morgan fingerprint density at radius 2 is 1.56 bits per heavy atom. The fourth-order valence-electron chi connectivity index (χ4n) is 3.25. The Morgan fingerprint density at radius 3 is 2.18 bits per heavy atom. The molecule has 0 fully saturated rings. The zero-order valence-electron chi connectivity index (χ0n) is 18.6. The highest BCUT2D eigenvalue weighted by atomic mass is 32.2. The number of benzene rings is 3. The van der Waals surface area contributed by atoms with E-state index < -0.39 is 39.5 Å². The van der Waals surface area contributed by atoms with Gasteiger partial charge >= 0.3 is 0 Å². The second kappa shape index (κ2) is 10.0. The molecule has 1 atom stereocenters. The number of likely N-dealkylation sites (N-methyl/N-ethyl adjacent to an activating group) is 1. The van der Waals surface area contributed by atoms with Crippen molar-refractivity contribution < 1.29 is 26.8 Å². The van der Waals surface area contributed by atoms with Gasteiger partial charge in [0.05, 0.1) is 4.90 Å². The number of sulfonamides is 1. The number of hydrogen-bond donors (Lipinski definition) is 3. The fraction of sp³-hybridized carbons (Fsp3) is 0.167. The van der Waals surface area contributed by atoms with Gasteiger partial charge in [-0.2, -0.15) is 0 Å². The zero-order valence-corrected chi connectivity index (χ0v) is 19.5. The number of nitrogens with one attached hydrogen (secondary N) is 3. The molecule has 34 heavy (non-hydrogen) atoms. The van der Waals surface area contributed by atoms with E-state index in [1.165, 1.54) is 37.4 Å². The largest absolute Gasteiger partial charge is 0.357 e. The van der Waals surface area contributed by atoms with Gasteiger partial charge in [0, 0.05) is 18.3 Å². The van der Waals surface area contributed by atoms with Crippen LogP contribution >= 0.6 is 0 Å². The predicted molar refractivity (Wildman–Crippen MR) is 124 cm³/mol. The second-order valence-electron chi connectivity index (χ2n) is 7.65. The molecule has 0 radical (unpaired) electrons.